The van der Waals surface area contributed by atoms with Crippen molar-refractivity contribution in [1.82, 2.24) is 20.3 Å². The zero-order valence-corrected chi connectivity index (χ0v) is 19.2. The van der Waals surface area contributed by atoms with Crippen LogP contribution in [0.4, 0.5) is 15.9 Å². The van der Waals surface area contributed by atoms with Crippen LogP contribution in [0, 0.1) is 11.2 Å². The molecule has 0 bridgehead atoms. The van der Waals surface area contributed by atoms with Crippen LogP contribution in [0.5, 0.6) is 0 Å². The third-order valence-electron chi connectivity index (χ3n) is 5.70. The lowest BCUT2D eigenvalue weighted by Crippen LogP contribution is -2.54. The van der Waals surface area contributed by atoms with Gasteiger partial charge in [0.2, 0.25) is 5.91 Å². The van der Waals surface area contributed by atoms with Crippen LogP contribution in [-0.2, 0) is 4.79 Å². The highest BCUT2D eigenvalue weighted by Gasteiger charge is 2.34. The van der Waals surface area contributed by atoms with Gasteiger partial charge in [-0.25, -0.2) is 14.4 Å². The van der Waals surface area contributed by atoms with E-state index in [2.05, 4.69) is 30.5 Å². The molecule has 0 spiro atoms. The highest BCUT2D eigenvalue weighted by molar-refractivity contribution is 6.30. The third kappa shape index (κ3) is 4.96. The second kappa shape index (κ2) is 8.94. The van der Waals surface area contributed by atoms with E-state index >= 15 is 0 Å². The Morgan fingerprint density at radius 2 is 2.12 bits per heavy atom. The Bertz CT molecular complexity index is 1090. The average molecular weight is 459 g/mol. The number of nitrogens with zero attached hydrogens (tertiary/aromatic N) is 3. The van der Waals surface area contributed by atoms with Gasteiger partial charge in [-0.15, -0.1) is 0 Å². The van der Waals surface area contributed by atoms with Crippen LogP contribution in [0.2, 0.25) is 5.02 Å². The molecule has 1 aromatic carbocycles. The topological polar surface area (TPSA) is 85.9 Å². The molecule has 1 amide bonds. The summed E-state index contributed by atoms with van der Waals surface area (Å²) in [5.41, 5.74) is 0.874. The smallest absolute Gasteiger partial charge is 0.243 e. The van der Waals surface area contributed by atoms with E-state index in [1.54, 1.807) is 12.4 Å². The van der Waals surface area contributed by atoms with Crippen LogP contribution < -0.4 is 15.5 Å². The molecule has 1 fully saturated rings. The first-order chi connectivity index (χ1) is 15.2. The molecule has 7 nitrogen and oxygen atoms in total. The molecule has 9 heteroatoms. The summed E-state index contributed by atoms with van der Waals surface area (Å²) in [5, 5.41) is 7.63. The Balaban J connectivity index is 1.48. The number of benzene rings is 1. The van der Waals surface area contributed by atoms with Gasteiger partial charge in [0.15, 0.2) is 0 Å². The summed E-state index contributed by atoms with van der Waals surface area (Å²) in [6, 6.07) is 5.59. The number of H-pyrrole nitrogens is 1. The zero-order valence-electron chi connectivity index (χ0n) is 18.5. The van der Waals surface area contributed by atoms with E-state index in [-0.39, 0.29) is 17.0 Å². The predicted octanol–water partition coefficient (Wildman–Crippen LogP) is 4.36. The van der Waals surface area contributed by atoms with Crippen molar-refractivity contribution in [2.75, 3.05) is 23.3 Å². The van der Waals surface area contributed by atoms with Gasteiger partial charge < -0.3 is 20.5 Å². The van der Waals surface area contributed by atoms with Gasteiger partial charge in [0.05, 0.1) is 5.39 Å². The maximum absolute atomic E-state index is 13.8. The van der Waals surface area contributed by atoms with E-state index in [1.807, 2.05) is 33.0 Å². The number of amides is 1. The summed E-state index contributed by atoms with van der Waals surface area (Å²) in [6.45, 7) is 7.45. The summed E-state index contributed by atoms with van der Waals surface area (Å²) in [6.07, 6.45) is 5.23. The fourth-order valence-corrected chi connectivity index (χ4v) is 4.38. The van der Waals surface area contributed by atoms with Crippen molar-refractivity contribution in [3.05, 3.63) is 47.6 Å². The standard InChI is InChI=1S/C23H28ClFN6O/c1-23(2,3)19(29-17-10-14(24)9-15(25)11-17)22(32)30-16-5-4-8-31(12-16)21-18-6-7-26-20(18)27-13-28-21/h6-7,9-11,13,16,19,29H,4-5,8,12H2,1-3H3,(H,30,32)(H,26,27,28). The number of halogens is 2. The van der Waals surface area contributed by atoms with Gasteiger partial charge in [0.25, 0.3) is 0 Å². The van der Waals surface area contributed by atoms with E-state index in [0.717, 1.165) is 36.2 Å². The molecule has 1 aliphatic heterocycles. The first-order valence-electron chi connectivity index (χ1n) is 10.8. The second-order valence-corrected chi connectivity index (χ2v) is 9.77. The summed E-state index contributed by atoms with van der Waals surface area (Å²) < 4.78 is 13.8. The minimum Gasteiger partial charge on any atom is -0.373 e. The molecule has 1 saturated heterocycles. The quantitative estimate of drug-likeness (QED) is 0.528. The number of piperidine rings is 1. The van der Waals surface area contributed by atoms with Crippen molar-refractivity contribution in [3.63, 3.8) is 0 Å². The maximum atomic E-state index is 13.8. The molecule has 3 N–H and O–H groups in total. The van der Waals surface area contributed by atoms with E-state index in [1.165, 1.54) is 12.1 Å². The largest absolute Gasteiger partial charge is 0.373 e. The molecule has 2 atom stereocenters. The predicted molar refractivity (Wildman–Crippen MR) is 126 cm³/mol. The average Bonchev–Trinajstić information content (AvgIpc) is 3.19. The number of anilines is 2. The van der Waals surface area contributed by atoms with E-state index in [0.29, 0.717) is 12.2 Å². The molecular formula is C23H28ClFN6O. The minimum absolute atomic E-state index is 0.0250. The number of aromatic amines is 1. The first-order valence-corrected chi connectivity index (χ1v) is 11.1. The second-order valence-electron chi connectivity index (χ2n) is 9.33. The number of hydrogen-bond acceptors (Lipinski definition) is 5. The Kier molecular flexibility index (Phi) is 6.24. The zero-order chi connectivity index (χ0) is 22.9. The molecule has 4 rings (SSSR count). The van der Waals surface area contributed by atoms with Crippen LogP contribution >= 0.6 is 11.6 Å². The lowest BCUT2D eigenvalue weighted by molar-refractivity contribution is -0.124. The summed E-state index contributed by atoms with van der Waals surface area (Å²) in [5.74, 6) is 0.297. The van der Waals surface area contributed by atoms with Crippen LogP contribution in [0.15, 0.2) is 36.8 Å². The van der Waals surface area contributed by atoms with E-state index < -0.39 is 17.3 Å². The first kappa shape index (κ1) is 22.3. The summed E-state index contributed by atoms with van der Waals surface area (Å²) >= 11 is 5.99. The van der Waals surface area contributed by atoms with Crippen molar-refractivity contribution in [1.29, 1.82) is 0 Å². The molecule has 1 aliphatic rings. The van der Waals surface area contributed by atoms with E-state index in [9.17, 15) is 9.18 Å². The third-order valence-corrected chi connectivity index (χ3v) is 5.92. The Morgan fingerprint density at radius 3 is 2.88 bits per heavy atom. The molecule has 2 aromatic heterocycles. The van der Waals surface area contributed by atoms with Gasteiger partial charge in [-0.05, 0) is 42.5 Å². The molecule has 0 radical (unpaired) electrons. The number of rotatable bonds is 5. The molecular weight excluding hydrogens is 431 g/mol. The van der Waals surface area contributed by atoms with Crippen LogP contribution in [0.3, 0.4) is 0 Å². The van der Waals surface area contributed by atoms with Crippen molar-refractivity contribution in [2.45, 2.75) is 45.7 Å². The molecule has 0 saturated carbocycles. The molecule has 3 heterocycles. The number of nitrogens with one attached hydrogen (secondary N) is 3. The SMILES string of the molecule is CC(C)(C)C(Nc1cc(F)cc(Cl)c1)C(=O)NC1CCCN(c2ncnc3[nH]ccc23)C1. The van der Waals surface area contributed by atoms with Gasteiger partial charge in [-0.3, -0.25) is 4.79 Å². The van der Waals surface area contributed by atoms with Crippen molar-refractivity contribution in [2.24, 2.45) is 5.41 Å². The number of aromatic nitrogens is 3. The van der Waals surface area contributed by atoms with Crippen molar-refractivity contribution < 1.29 is 9.18 Å². The van der Waals surface area contributed by atoms with Crippen molar-refractivity contribution >= 4 is 40.0 Å². The van der Waals surface area contributed by atoms with Gasteiger partial charge in [-0.2, -0.15) is 0 Å². The van der Waals surface area contributed by atoms with Crippen LogP contribution in [0.1, 0.15) is 33.6 Å². The highest BCUT2D eigenvalue weighted by Crippen LogP contribution is 2.28. The molecule has 2 unspecified atom stereocenters. The van der Waals surface area contributed by atoms with Gasteiger partial charge in [0, 0.05) is 36.0 Å². The fraction of sp³-hybridized carbons (Fsp3) is 0.435. The van der Waals surface area contributed by atoms with Gasteiger partial charge in [0.1, 0.15) is 29.7 Å². The molecule has 3 aromatic rings. The molecule has 0 aliphatic carbocycles. The number of hydrogen-bond donors (Lipinski definition) is 3. The van der Waals surface area contributed by atoms with Gasteiger partial charge >= 0.3 is 0 Å². The van der Waals surface area contributed by atoms with E-state index in [4.69, 9.17) is 11.6 Å². The lowest BCUT2D eigenvalue weighted by Gasteiger charge is -2.37. The summed E-state index contributed by atoms with van der Waals surface area (Å²) in [7, 11) is 0. The molecule has 32 heavy (non-hydrogen) atoms. The Morgan fingerprint density at radius 1 is 1.31 bits per heavy atom. The Labute approximate surface area is 191 Å². The van der Waals surface area contributed by atoms with Crippen LogP contribution in [0.25, 0.3) is 11.0 Å². The minimum atomic E-state index is -0.564. The van der Waals surface area contributed by atoms with Crippen molar-refractivity contribution in [3.8, 4) is 0 Å². The number of carbonyl (C=O) groups is 1. The van der Waals surface area contributed by atoms with Crippen LogP contribution in [-0.4, -0.2) is 46.0 Å². The lowest BCUT2D eigenvalue weighted by atomic mass is 9.85. The highest BCUT2D eigenvalue weighted by atomic mass is 35.5. The normalized spacial score (nSPS) is 17.9. The Hall–Kier alpha value is -2.87. The maximum Gasteiger partial charge on any atom is 0.243 e. The number of fused-ring (bicyclic) bond motifs is 1. The number of carbonyl (C=O) groups excluding carboxylic acids is 1. The summed E-state index contributed by atoms with van der Waals surface area (Å²) in [4.78, 5) is 27.3. The molecule has 170 valence electrons. The van der Waals surface area contributed by atoms with Gasteiger partial charge in [-0.1, -0.05) is 32.4 Å². The fourth-order valence-electron chi connectivity index (χ4n) is 4.16. The monoisotopic (exact) mass is 458 g/mol.